The van der Waals surface area contributed by atoms with Crippen molar-refractivity contribution < 1.29 is 15.0 Å². The second-order valence-electron chi connectivity index (χ2n) is 10.1. The van der Waals surface area contributed by atoms with Crippen LogP contribution in [0.4, 0.5) is 0 Å². The van der Waals surface area contributed by atoms with E-state index in [1.807, 2.05) is 0 Å². The second kappa shape index (κ2) is 5.42. The number of aliphatic hydroxyl groups excluding tert-OH is 1. The number of rotatable bonds is 1. The van der Waals surface area contributed by atoms with Crippen molar-refractivity contribution >= 4 is 5.78 Å². The highest BCUT2D eigenvalue weighted by molar-refractivity contribution is 5.86. The van der Waals surface area contributed by atoms with Crippen LogP contribution in [0.5, 0.6) is 0 Å². The first-order chi connectivity index (χ1) is 11.6. The van der Waals surface area contributed by atoms with Crippen molar-refractivity contribution in [3.8, 4) is 0 Å². The molecule has 3 nitrogen and oxygen atoms in total. The van der Waals surface area contributed by atoms with E-state index in [2.05, 4.69) is 26.8 Å². The minimum absolute atomic E-state index is 0.0394. The molecule has 0 aliphatic heterocycles. The summed E-state index contributed by atoms with van der Waals surface area (Å²) >= 11 is 0. The summed E-state index contributed by atoms with van der Waals surface area (Å²) in [5.41, 5.74) is 0.249. The fourth-order valence-corrected chi connectivity index (χ4v) is 7.73. The maximum absolute atomic E-state index is 12.4. The number of fused-ring (bicyclic) bond motifs is 5. The highest BCUT2D eigenvalue weighted by Gasteiger charge is 2.67. The van der Waals surface area contributed by atoms with E-state index in [0.717, 1.165) is 44.9 Å². The molecule has 0 aromatic heterocycles. The zero-order valence-corrected chi connectivity index (χ0v) is 16.2. The van der Waals surface area contributed by atoms with Crippen LogP contribution in [0, 0.1) is 34.5 Å². The zero-order chi connectivity index (χ0) is 18.2. The van der Waals surface area contributed by atoms with Crippen molar-refractivity contribution in [2.45, 2.75) is 84.3 Å². The van der Waals surface area contributed by atoms with E-state index in [0.29, 0.717) is 17.8 Å². The second-order valence-corrected chi connectivity index (χ2v) is 10.1. The standard InChI is InChI=1S/C22H34O3/c1-13-11-19-17-6-5-15-12-16(24)7-9-20(15,3)18(17)8-10-21(19,4)22(13,25)14(2)23/h5,13,16-19,24-25H,6-12H2,1-4H3/t13-,16-,17-,18-,19+,20+,21+,22+/m1/s1. The molecule has 0 unspecified atom stereocenters. The quantitative estimate of drug-likeness (QED) is 0.709. The van der Waals surface area contributed by atoms with Crippen molar-refractivity contribution in [3.63, 3.8) is 0 Å². The van der Waals surface area contributed by atoms with Crippen molar-refractivity contribution in [2.75, 3.05) is 0 Å². The van der Waals surface area contributed by atoms with Crippen LogP contribution in [0.15, 0.2) is 11.6 Å². The Hall–Kier alpha value is -0.670. The molecule has 25 heavy (non-hydrogen) atoms. The molecule has 3 saturated carbocycles. The van der Waals surface area contributed by atoms with Crippen molar-refractivity contribution in [1.82, 2.24) is 0 Å². The molecule has 0 saturated heterocycles. The van der Waals surface area contributed by atoms with Gasteiger partial charge >= 0.3 is 0 Å². The summed E-state index contributed by atoms with van der Waals surface area (Å²) in [5, 5.41) is 21.5. The van der Waals surface area contributed by atoms with Gasteiger partial charge in [-0.05, 0) is 81.0 Å². The van der Waals surface area contributed by atoms with Gasteiger partial charge in [0.15, 0.2) is 5.78 Å². The van der Waals surface area contributed by atoms with Crippen LogP contribution in [0.2, 0.25) is 0 Å². The van der Waals surface area contributed by atoms with Gasteiger partial charge in [-0.15, -0.1) is 0 Å². The maximum atomic E-state index is 12.4. The SMILES string of the molecule is CC(=O)[C@@]1(O)[C@H](C)C[C@H]2[C@@H]3CC=C4C[C@H](O)CC[C@]4(C)[C@@H]3CC[C@@]21C. The van der Waals surface area contributed by atoms with Crippen LogP contribution in [0.3, 0.4) is 0 Å². The van der Waals surface area contributed by atoms with E-state index in [1.165, 1.54) is 5.57 Å². The predicted octanol–water partition coefficient (Wildman–Crippen LogP) is 3.88. The number of Topliss-reactive ketones (excluding diaryl/α,β-unsaturated/α-hetero) is 1. The van der Waals surface area contributed by atoms with Gasteiger partial charge in [-0.2, -0.15) is 0 Å². The molecule has 4 rings (SSSR count). The molecule has 0 spiro atoms. The van der Waals surface area contributed by atoms with Crippen LogP contribution in [-0.4, -0.2) is 27.7 Å². The fourth-order valence-electron chi connectivity index (χ4n) is 7.73. The first-order valence-corrected chi connectivity index (χ1v) is 10.3. The van der Waals surface area contributed by atoms with Crippen molar-refractivity contribution in [2.24, 2.45) is 34.5 Å². The monoisotopic (exact) mass is 346 g/mol. The largest absolute Gasteiger partial charge is 0.393 e. The Morgan fingerprint density at radius 1 is 1.20 bits per heavy atom. The summed E-state index contributed by atoms with van der Waals surface area (Å²) in [6.45, 7) is 8.26. The number of ketones is 1. The molecule has 0 radical (unpaired) electrons. The van der Waals surface area contributed by atoms with Crippen LogP contribution in [-0.2, 0) is 4.79 Å². The summed E-state index contributed by atoms with van der Waals surface area (Å²) in [6.07, 6.45) is 9.15. The highest BCUT2D eigenvalue weighted by Crippen LogP contribution is 2.68. The van der Waals surface area contributed by atoms with Gasteiger partial charge in [0.2, 0.25) is 0 Å². The van der Waals surface area contributed by atoms with Crippen LogP contribution in [0.1, 0.15) is 72.6 Å². The van der Waals surface area contributed by atoms with Crippen molar-refractivity contribution in [1.29, 1.82) is 0 Å². The van der Waals surface area contributed by atoms with Crippen LogP contribution in [0.25, 0.3) is 0 Å². The lowest BCUT2D eigenvalue weighted by Crippen LogP contribution is -2.58. The van der Waals surface area contributed by atoms with Gasteiger partial charge in [-0.1, -0.05) is 32.4 Å². The number of hydrogen-bond acceptors (Lipinski definition) is 3. The molecule has 0 aromatic carbocycles. The van der Waals surface area contributed by atoms with Gasteiger partial charge in [-0.25, -0.2) is 0 Å². The predicted molar refractivity (Wildman–Crippen MR) is 97.9 cm³/mol. The lowest BCUT2D eigenvalue weighted by Gasteiger charge is -2.58. The normalized spacial score (nSPS) is 55.0. The summed E-state index contributed by atoms with van der Waals surface area (Å²) in [5.74, 6) is 1.64. The molecule has 2 N–H and O–H groups in total. The van der Waals surface area contributed by atoms with Crippen LogP contribution < -0.4 is 0 Å². The Morgan fingerprint density at radius 2 is 1.92 bits per heavy atom. The van der Waals surface area contributed by atoms with Gasteiger partial charge in [0, 0.05) is 5.41 Å². The average molecular weight is 347 g/mol. The minimum Gasteiger partial charge on any atom is -0.393 e. The number of allylic oxidation sites excluding steroid dienone is 1. The van der Waals surface area contributed by atoms with Gasteiger partial charge in [0.25, 0.3) is 0 Å². The molecule has 0 heterocycles. The number of carbonyl (C=O) groups is 1. The van der Waals surface area contributed by atoms with Crippen LogP contribution >= 0.6 is 0 Å². The van der Waals surface area contributed by atoms with Crippen molar-refractivity contribution in [3.05, 3.63) is 11.6 Å². The maximum Gasteiger partial charge on any atom is 0.162 e. The van der Waals surface area contributed by atoms with Gasteiger partial charge < -0.3 is 10.2 Å². The Bertz CT molecular complexity index is 625. The highest BCUT2D eigenvalue weighted by atomic mass is 16.3. The van der Waals surface area contributed by atoms with E-state index in [1.54, 1.807) is 6.92 Å². The Balaban J connectivity index is 1.72. The summed E-state index contributed by atoms with van der Waals surface area (Å²) in [4.78, 5) is 12.4. The minimum atomic E-state index is -1.16. The lowest BCUT2D eigenvalue weighted by molar-refractivity contribution is -0.165. The smallest absolute Gasteiger partial charge is 0.162 e. The van der Waals surface area contributed by atoms with E-state index >= 15 is 0 Å². The Kier molecular flexibility index (Phi) is 3.84. The molecule has 4 aliphatic rings. The van der Waals surface area contributed by atoms with E-state index < -0.39 is 5.60 Å². The molecule has 3 fully saturated rings. The summed E-state index contributed by atoms with van der Waals surface area (Å²) in [7, 11) is 0. The number of carbonyl (C=O) groups excluding carboxylic acids is 1. The molecular weight excluding hydrogens is 312 g/mol. The third-order valence-electron chi connectivity index (χ3n) is 9.20. The topological polar surface area (TPSA) is 57.5 Å². The Morgan fingerprint density at radius 3 is 2.60 bits per heavy atom. The summed E-state index contributed by atoms with van der Waals surface area (Å²) < 4.78 is 0. The summed E-state index contributed by atoms with van der Waals surface area (Å²) in [6, 6.07) is 0. The molecule has 0 aromatic rings. The van der Waals surface area contributed by atoms with Gasteiger partial charge in [-0.3, -0.25) is 4.79 Å². The lowest BCUT2D eigenvalue weighted by atomic mass is 9.46. The van der Waals surface area contributed by atoms with Gasteiger partial charge in [0.1, 0.15) is 5.60 Å². The molecule has 0 bridgehead atoms. The number of hydrogen-bond donors (Lipinski definition) is 2. The van der Waals surface area contributed by atoms with Gasteiger partial charge in [0.05, 0.1) is 6.10 Å². The fraction of sp³-hybridized carbons (Fsp3) is 0.864. The molecular formula is C22H34O3. The molecule has 0 amide bonds. The molecule has 4 aliphatic carbocycles. The van der Waals surface area contributed by atoms with E-state index in [4.69, 9.17) is 0 Å². The zero-order valence-electron chi connectivity index (χ0n) is 16.2. The average Bonchev–Trinajstić information content (AvgIpc) is 2.77. The van der Waals surface area contributed by atoms with E-state index in [-0.39, 0.29) is 28.6 Å². The molecule has 140 valence electrons. The molecule has 8 atom stereocenters. The third-order valence-corrected chi connectivity index (χ3v) is 9.20. The van der Waals surface area contributed by atoms with E-state index in [9.17, 15) is 15.0 Å². The third kappa shape index (κ3) is 2.09. The number of aliphatic hydroxyl groups is 2. The first kappa shape index (κ1) is 17.7. The first-order valence-electron chi connectivity index (χ1n) is 10.3. The Labute approximate surface area is 151 Å². The molecule has 3 heteroatoms.